The first-order chi connectivity index (χ1) is 21.5. The van der Waals surface area contributed by atoms with Crippen molar-refractivity contribution in [1.82, 2.24) is 20.9 Å². The number of hydrogen-bond acceptors (Lipinski definition) is 10. The van der Waals surface area contributed by atoms with Gasteiger partial charge in [0.15, 0.2) is 0 Å². The second-order valence-electron chi connectivity index (χ2n) is 9.93. The number of para-hydroxylation sites is 1. The van der Waals surface area contributed by atoms with E-state index in [2.05, 4.69) is 34.1 Å². The van der Waals surface area contributed by atoms with Gasteiger partial charge in [-0.2, -0.15) is 0 Å². The Morgan fingerprint density at radius 3 is 2.47 bits per heavy atom. The number of esters is 1. The van der Waals surface area contributed by atoms with Gasteiger partial charge in [-0.05, 0) is 24.5 Å². The molecule has 0 spiro atoms. The molecule has 0 aliphatic carbocycles. The Bertz CT molecular complexity index is 1350. The van der Waals surface area contributed by atoms with Gasteiger partial charge in [0.05, 0.1) is 32.8 Å². The molecule has 248 valence electrons. The summed E-state index contributed by atoms with van der Waals surface area (Å²) in [5.74, 6) is -2.17. The summed E-state index contributed by atoms with van der Waals surface area (Å²) in [4.78, 5) is 52.2. The van der Waals surface area contributed by atoms with E-state index in [-0.39, 0.29) is 51.2 Å². The molecule has 0 saturated carbocycles. The SMILES string of the molecule is C=CCOP(=O)(OCCNC(=O)[C@@H](NC(=O)Cc1c[nH]c2ccccc12)[C@@H](C=C)CC)OCC(N)C(=O)NCCCOC(C)=O. The molecule has 45 heavy (non-hydrogen) atoms. The van der Waals surface area contributed by atoms with Crippen molar-refractivity contribution < 1.29 is 42.1 Å². The molecule has 2 rings (SSSR count). The van der Waals surface area contributed by atoms with Crippen LogP contribution < -0.4 is 21.7 Å². The van der Waals surface area contributed by atoms with Gasteiger partial charge in [0.1, 0.15) is 12.1 Å². The summed E-state index contributed by atoms with van der Waals surface area (Å²) in [6, 6.07) is 5.51. The van der Waals surface area contributed by atoms with Gasteiger partial charge in [0.2, 0.25) is 17.7 Å². The number of amides is 3. The van der Waals surface area contributed by atoms with Crippen molar-refractivity contribution >= 4 is 42.4 Å². The molecule has 3 amide bonds. The fourth-order valence-electron chi connectivity index (χ4n) is 4.16. The highest BCUT2D eigenvalue weighted by Gasteiger charge is 2.30. The summed E-state index contributed by atoms with van der Waals surface area (Å²) in [5, 5.41) is 8.96. The largest absolute Gasteiger partial charge is 0.475 e. The van der Waals surface area contributed by atoms with Gasteiger partial charge in [-0.3, -0.25) is 32.7 Å². The van der Waals surface area contributed by atoms with Crippen LogP contribution in [0.25, 0.3) is 10.9 Å². The number of nitrogens with two attached hydrogens (primary N) is 1. The summed E-state index contributed by atoms with van der Waals surface area (Å²) in [6.07, 6.45) is 5.71. The number of H-pyrrole nitrogens is 1. The molecule has 6 N–H and O–H groups in total. The standard InChI is InChI=1S/C30H44N5O9P/c1-5-15-42-45(40,44-20-25(31)29(38)32-13-10-16-41-21(4)36)43-17-14-33-30(39)28(22(6-2)7-3)35-27(37)18-23-19-34-26-12-9-8-11-24(23)26/h5-6,8-9,11-12,19,22,25,28,34H,1-2,7,10,13-18,20,31H2,3-4H3,(H,32,38)(H,33,39)(H,35,37)/t22-,25?,28-,45?/m0/s1. The Hall–Kier alpha value is -3.81. The van der Waals surface area contributed by atoms with Gasteiger partial charge in [-0.1, -0.05) is 37.3 Å². The van der Waals surface area contributed by atoms with Crippen molar-refractivity contribution in [3.05, 3.63) is 61.3 Å². The number of carbonyl (C=O) groups excluding carboxylic acids is 4. The number of phosphoric acid groups is 1. The second-order valence-corrected chi connectivity index (χ2v) is 11.6. The summed E-state index contributed by atoms with van der Waals surface area (Å²) in [6.45, 7) is 9.76. The van der Waals surface area contributed by atoms with Crippen LogP contribution in [0.5, 0.6) is 0 Å². The van der Waals surface area contributed by atoms with E-state index in [1.807, 2.05) is 31.2 Å². The van der Waals surface area contributed by atoms with Crippen LogP contribution >= 0.6 is 7.82 Å². The number of ether oxygens (including phenoxy) is 1. The molecule has 0 bridgehead atoms. The molecular weight excluding hydrogens is 605 g/mol. The Kier molecular flexibility index (Phi) is 16.2. The van der Waals surface area contributed by atoms with Crippen LogP contribution in [-0.2, 0) is 48.5 Å². The molecule has 15 heteroatoms. The fraction of sp³-hybridized carbons (Fsp3) is 0.467. The summed E-state index contributed by atoms with van der Waals surface area (Å²) in [7, 11) is -4.20. The number of aromatic amines is 1. The Morgan fingerprint density at radius 2 is 1.78 bits per heavy atom. The summed E-state index contributed by atoms with van der Waals surface area (Å²) in [5.41, 5.74) is 7.54. The molecule has 1 heterocycles. The highest BCUT2D eigenvalue weighted by molar-refractivity contribution is 7.48. The Balaban J connectivity index is 1.89. The summed E-state index contributed by atoms with van der Waals surface area (Å²) >= 11 is 0. The lowest BCUT2D eigenvalue weighted by atomic mass is 9.95. The third-order valence-corrected chi connectivity index (χ3v) is 7.93. The van der Waals surface area contributed by atoms with Crippen LogP contribution in [0.1, 0.15) is 32.3 Å². The number of carbonyl (C=O) groups is 4. The van der Waals surface area contributed by atoms with E-state index in [1.165, 1.54) is 13.0 Å². The minimum atomic E-state index is -4.20. The minimum Gasteiger partial charge on any atom is -0.466 e. The lowest BCUT2D eigenvalue weighted by Gasteiger charge is -2.24. The fourth-order valence-corrected chi connectivity index (χ4v) is 5.33. The second kappa shape index (κ2) is 19.6. The van der Waals surface area contributed by atoms with E-state index in [0.29, 0.717) is 12.8 Å². The van der Waals surface area contributed by atoms with Crippen molar-refractivity contribution in [2.24, 2.45) is 11.7 Å². The van der Waals surface area contributed by atoms with Crippen LogP contribution in [0.2, 0.25) is 0 Å². The van der Waals surface area contributed by atoms with Crippen LogP contribution in [0.15, 0.2) is 55.8 Å². The first-order valence-corrected chi connectivity index (χ1v) is 16.0. The third kappa shape index (κ3) is 13.0. The van der Waals surface area contributed by atoms with E-state index in [0.717, 1.165) is 16.5 Å². The van der Waals surface area contributed by atoms with E-state index in [4.69, 9.17) is 24.0 Å². The van der Waals surface area contributed by atoms with Crippen LogP contribution in [0, 0.1) is 5.92 Å². The molecular formula is C30H44N5O9P. The molecule has 14 nitrogen and oxygen atoms in total. The number of fused-ring (bicyclic) bond motifs is 1. The zero-order valence-electron chi connectivity index (χ0n) is 25.8. The molecule has 0 aliphatic rings. The van der Waals surface area contributed by atoms with Crippen molar-refractivity contribution in [2.75, 3.05) is 39.5 Å². The normalized spacial score (nSPS) is 14.4. The molecule has 0 radical (unpaired) electrons. The van der Waals surface area contributed by atoms with Crippen molar-refractivity contribution in [2.45, 2.75) is 45.2 Å². The van der Waals surface area contributed by atoms with Gasteiger partial charge in [-0.15, -0.1) is 13.2 Å². The van der Waals surface area contributed by atoms with E-state index >= 15 is 0 Å². The van der Waals surface area contributed by atoms with E-state index in [9.17, 15) is 23.7 Å². The van der Waals surface area contributed by atoms with E-state index < -0.39 is 44.3 Å². The number of phosphoric ester groups is 1. The number of hydrogen-bond donors (Lipinski definition) is 5. The van der Waals surface area contributed by atoms with Crippen LogP contribution in [-0.4, -0.2) is 80.3 Å². The average molecular weight is 650 g/mol. The number of benzene rings is 1. The molecule has 0 fully saturated rings. The molecule has 1 aromatic heterocycles. The smallest absolute Gasteiger partial charge is 0.466 e. The molecule has 2 aromatic rings. The zero-order valence-corrected chi connectivity index (χ0v) is 26.6. The van der Waals surface area contributed by atoms with Gasteiger partial charge < -0.3 is 31.4 Å². The van der Waals surface area contributed by atoms with Crippen LogP contribution in [0.3, 0.4) is 0 Å². The molecule has 4 atom stereocenters. The lowest BCUT2D eigenvalue weighted by molar-refractivity contribution is -0.141. The number of nitrogens with one attached hydrogen (secondary N) is 4. The molecule has 0 saturated heterocycles. The number of rotatable bonds is 22. The van der Waals surface area contributed by atoms with Crippen LogP contribution in [0.4, 0.5) is 0 Å². The van der Waals surface area contributed by atoms with Gasteiger partial charge >= 0.3 is 13.8 Å². The maximum absolute atomic E-state index is 13.1. The van der Waals surface area contributed by atoms with Crippen molar-refractivity contribution in [1.29, 1.82) is 0 Å². The minimum absolute atomic E-state index is 0.0695. The lowest BCUT2D eigenvalue weighted by Crippen LogP contribution is -2.51. The van der Waals surface area contributed by atoms with Gasteiger partial charge in [-0.25, -0.2) is 4.57 Å². The van der Waals surface area contributed by atoms with E-state index in [1.54, 1.807) is 12.3 Å². The Labute approximate surface area is 263 Å². The highest BCUT2D eigenvalue weighted by Crippen LogP contribution is 2.49. The Morgan fingerprint density at radius 1 is 1.04 bits per heavy atom. The number of aromatic nitrogens is 1. The maximum Gasteiger partial charge on any atom is 0.475 e. The van der Waals surface area contributed by atoms with Gasteiger partial charge in [0.25, 0.3) is 0 Å². The maximum atomic E-state index is 13.1. The molecule has 1 aromatic carbocycles. The zero-order chi connectivity index (χ0) is 33.2. The third-order valence-electron chi connectivity index (χ3n) is 6.50. The first kappa shape index (κ1) is 37.4. The quantitative estimate of drug-likeness (QED) is 0.0545. The monoisotopic (exact) mass is 649 g/mol. The summed E-state index contributed by atoms with van der Waals surface area (Å²) < 4.78 is 33.6. The topological polar surface area (TPSA) is 200 Å². The average Bonchev–Trinajstić information content (AvgIpc) is 3.43. The predicted octanol–water partition coefficient (Wildman–Crippen LogP) is 2.26. The molecule has 0 aliphatic heterocycles. The van der Waals surface area contributed by atoms with Crippen molar-refractivity contribution in [3.63, 3.8) is 0 Å². The molecule has 2 unspecified atom stereocenters. The predicted molar refractivity (Wildman–Crippen MR) is 169 cm³/mol. The first-order valence-electron chi connectivity index (χ1n) is 14.6. The van der Waals surface area contributed by atoms with Gasteiger partial charge in [0, 0.05) is 43.0 Å². The van der Waals surface area contributed by atoms with Crippen molar-refractivity contribution in [3.8, 4) is 0 Å². The highest BCUT2D eigenvalue weighted by atomic mass is 31.2.